The van der Waals surface area contributed by atoms with Crippen molar-refractivity contribution in [3.05, 3.63) is 28.8 Å². The van der Waals surface area contributed by atoms with Gasteiger partial charge in [0.05, 0.1) is 17.2 Å². The lowest BCUT2D eigenvalue weighted by molar-refractivity contribution is -0.159. The smallest absolute Gasteiger partial charge is 0.342 e. The first-order chi connectivity index (χ1) is 9.60. The van der Waals surface area contributed by atoms with Gasteiger partial charge in [0, 0.05) is 18.5 Å². The minimum absolute atomic E-state index is 0.0464. The number of esters is 1. The number of anilines is 1. The van der Waals surface area contributed by atoms with E-state index in [9.17, 15) is 4.79 Å². The Balaban J connectivity index is 1.69. The first-order valence-corrected chi connectivity index (χ1v) is 7.36. The van der Waals surface area contributed by atoms with Crippen molar-refractivity contribution in [3.8, 4) is 0 Å². The number of hydrogen-bond acceptors (Lipinski definition) is 4. The molecule has 1 aromatic carbocycles. The summed E-state index contributed by atoms with van der Waals surface area (Å²) in [6.45, 7) is 0.649. The van der Waals surface area contributed by atoms with Crippen LogP contribution < -0.4 is 5.73 Å². The Morgan fingerprint density at radius 3 is 2.90 bits per heavy atom. The molecule has 2 N–H and O–H groups in total. The van der Waals surface area contributed by atoms with Gasteiger partial charge in [-0.2, -0.15) is 0 Å². The number of carbonyl (C=O) groups is 1. The summed E-state index contributed by atoms with van der Waals surface area (Å²) in [4.78, 5) is 12.2. The molecule has 3 rings (SSSR count). The Morgan fingerprint density at radius 1 is 1.45 bits per heavy atom. The molecular weight excluding hydrogens is 278 g/mol. The van der Waals surface area contributed by atoms with Crippen LogP contribution in [0.3, 0.4) is 0 Å². The Bertz CT molecular complexity index is 508. The highest BCUT2D eigenvalue weighted by molar-refractivity contribution is 6.34. The fraction of sp³-hybridized carbons (Fsp3) is 0.533. The molecule has 20 heavy (non-hydrogen) atoms. The lowest BCUT2D eigenvalue weighted by Gasteiger charge is -2.46. The molecule has 108 valence electrons. The third-order valence-corrected chi connectivity index (χ3v) is 4.55. The molecule has 1 unspecified atom stereocenters. The zero-order valence-electron chi connectivity index (χ0n) is 11.2. The van der Waals surface area contributed by atoms with E-state index < -0.39 is 5.97 Å². The van der Waals surface area contributed by atoms with Crippen LogP contribution >= 0.6 is 11.6 Å². The topological polar surface area (TPSA) is 61.6 Å². The molecule has 0 bridgehead atoms. The van der Waals surface area contributed by atoms with E-state index in [1.165, 1.54) is 6.42 Å². The van der Waals surface area contributed by atoms with E-state index in [2.05, 4.69) is 0 Å². The zero-order valence-corrected chi connectivity index (χ0v) is 12.0. The molecule has 1 atom stereocenters. The number of rotatable bonds is 2. The van der Waals surface area contributed by atoms with Gasteiger partial charge in [-0.25, -0.2) is 4.79 Å². The first-order valence-electron chi connectivity index (χ1n) is 6.99. The van der Waals surface area contributed by atoms with Crippen molar-refractivity contribution in [2.45, 2.75) is 43.8 Å². The normalized spacial score (nSPS) is 24.1. The Kier molecular flexibility index (Phi) is 3.61. The summed E-state index contributed by atoms with van der Waals surface area (Å²) in [7, 11) is 0. The van der Waals surface area contributed by atoms with Gasteiger partial charge in [-0.1, -0.05) is 17.7 Å². The molecule has 2 aliphatic rings. The van der Waals surface area contributed by atoms with Crippen molar-refractivity contribution >= 4 is 23.3 Å². The quantitative estimate of drug-likeness (QED) is 0.672. The third-order valence-electron chi connectivity index (χ3n) is 4.24. The predicted molar refractivity (Wildman–Crippen MR) is 76.8 cm³/mol. The summed E-state index contributed by atoms with van der Waals surface area (Å²) in [5.41, 5.74) is 6.38. The molecule has 1 aliphatic carbocycles. The molecule has 4 nitrogen and oxygen atoms in total. The summed E-state index contributed by atoms with van der Waals surface area (Å²) in [5, 5.41) is 0.334. The monoisotopic (exact) mass is 295 g/mol. The number of nitrogens with two attached hydrogens (primary N) is 1. The van der Waals surface area contributed by atoms with E-state index in [0.29, 0.717) is 17.3 Å². The van der Waals surface area contributed by atoms with Gasteiger partial charge in [-0.3, -0.25) is 0 Å². The first kappa shape index (κ1) is 13.7. The van der Waals surface area contributed by atoms with Gasteiger partial charge in [-0.15, -0.1) is 0 Å². The zero-order chi connectivity index (χ0) is 14.2. The molecule has 1 aromatic rings. The second-order valence-corrected chi connectivity index (χ2v) is 6.02. The average Bonchev–Trinajstić information content (AvgIpc) is 2.37. The maximum atomic E-state index is 12.2. The highest BCUT2D eigenvalue weighted by atomic mass is 35.5. The van der Waals surface area contributed by atoms with Gasteiger partial charge in [0.15, 0.2) is 0 Å². The second kappa shape index (κ2) is 5.26. The van der Waals surface area contributed by atoms with E-state index >= 15 is 0 Å². The maximum absolute atomic E-state index is 12.2. The molecular formula is C15H18ClNO3. The number of benzene rings is 1. The van der Waals surface area contributed by atoms with Crippen LogP contribution in [0.2, 0.25) is 5.02 Å². The fourth-order valence-electron chi connectivity index (χ4n) is 2.97. The minimum Gasteiger partial charge on any atom is -0.458 e. The third kappa shape index (κ3) is 2.50. The lowest BCUT2D eigenvalue weighted by atomic mass is 9.74. The van der Waals surface area contributed by atoms with Crippen LogP contribution in [0.5, 0.6) is 0 Å². The number of halogens is 1. The van der Waals surface area contributed by atoms with Gasteiger partial charge in [-0.05, 0) is 31.4 Å². The van der Waals surface area contributed by atoms with E-state index in [0.717, 1.165) is 25.7 Å². The number of nitrogen functional groups attached to an aromatic ring is 1. The Labute approximate surface area is 123 Å². The average molecular weight is 296 g/mol. The van der Waals surface area contributed by atoms with Crippen molar-refractivity contribution in [2.24, 2.45) is 0 Å². The number of hydrogen-bond donors (Lipinski definition) is 1. The molecule has 2 fully saturated rings. The van der Waals surface area contributed by atoms with Crippen LogP contribution in [0.1, 0.15) is 42.5 Å². The van der Waals surface area contributed by atoms with Gasteiger partial charge in [0.2, 0.25) is 0 Å². The van der Waals surface area contributed by atoms with E-state index in [1.54, 1.807) is 18.2 Å². The van der Waals surface area contributed by atoms with Crippen LogP contribution in [0.15, 0.2) is 18.2 Å². The molecule has 1 saturated heterocycles. The van der Waals surface area contributed by atoms with Crippen molar-refractivity contribution in [1.82, 2.24) is 0 Å². The highest BCUT2D eigenvalue weighted by Crippen LogP contribution is 2.43. The number of ether oxygens (including phenoxy) is 2. The molecule has 1 heterocycles. The van der Waals surface area contributed by atoms with E-state index in [4.69, 9.17) is 26.8 Å². The van der Waals surface area contributed by atoms with E-state index in [1.807, 2.05) is 0 Å². The molecule has 1 saturated carbocycles. The van der Waals surface area contributed by atoms with E-state index in [-0.39, 0.29) is 17.3 Å². The predicted octanol–water partition coefficient (Wildman–Crippen LogP) is 3.18. The van der Waals surface area contributed by atoms with Crippen LogP contribution in [-0.4, -0.2) is 24.3 Å². The maximum Gasteiger partial charge on any atom is 0.342 e. The van der Waals surface area contributed by atoms with Gasteiger partial charge >= 0.3 is 5.97 Å². The summed E-state index contributed by atoms with van der Waals surface area (Å²) in [6.07, 6.45) is 4.73. The summed E-state index contributed by atoms with van der Waals surface area (Å²) in [5.74, 6) is -0.436. The SMILES string of the molecule is Nc1cccc(Cl)c1C(=O)OC1CCOC2(CCC2)C1. The van der Waals surface area contributed by atoms with Crippen LogP contribution in [0.4, 0.5) is 5.69 Å². The van der Waals surface area contributed by atoms with Crippen LogP contribution in [0.25, 0.3) is 0 Å². The Hall–Kier alpha value is -1.26. The van der Waals surface area contributed by atoms with Gasteiger partial charge in [0.1, 0.15) is 11.7 Å². The highest BCUT2D eigenvalue weighted by Gasteiger charge is 2.43. The van der Waals surface area contributed by atoms with Crippen LogP contribution in [-0.2, 0) is 9.47 Å². The Morgan fingerprint density at radius 2 is 2.25 bits per heavy atom. The van der Waals surface area contributed by atoms with Crippen molar-refractivity contribution in [2.75, 3.05) is 12.3 Å². The molecule has 5 heteroatoms. The fourth-order valence-corrected chi connectivity index (χ4v) is 3.23. The summed E-state index contributed by atoms with van der Waals surface area (Å²) < 4.78 is 11.4. The van der Waals surface area contributed by atoms with Crippen LogP contribution in [0, 0.1) is 0 Å². The molecule has 0 aromatic heterocycles. The lowest BCUT2D eigenvalue weighted by Crippen LogP contribution is -2.48. The van der Waals surface area contributed by atoms with Crippen molar-refractivity contribution in [3.63, 3.8) is 0 Å². The molecule has 0 amide bonds. The molecule has 1 aliphatic heterocycles. The summed E-state index contributed by atoms with van der Waals surface area (Å²) in [6, 6.07) is 5.01. The van der Waals surface area contributed by atoms with Gasteiger partial charge in [0.25, 0.3) is 0 Å². The minimum atomic E-state index is -0.436. The van der Waals surface area contributed by atoms with Crippen molar-refractivity contribution < 1.29 is 14.3 Å². The van der Waals surface area contributed by atoms with Crippen molar-refractivity contribution in [1.29, 1.82) is 0 Å². The standard InChI is InChI=1S/C15H18ClNO3/c16-11-3-1-4-12(17)13(11)14(18)20-10-5-8-19-15(9-10)6-2-7-15/h1,3-4,10H,2,5-9,17H2. The summed E-state index contributed by atoms with van der Waals surface area (Å²) >= 11 is 6.03. The number of carbonyl (C=O) groups excluding carboxylic acids is 1. The second-order valence-electron chi connectivity index (χ2n) is 5.61. The molecule has 0 radical (unpaired) electrons. The molecule has 1 spiro atoms. The van der Waals surface area contributed by atoms with Gasteiger partial charge < -0.3 is 15.2 Å². The largest absolute Gasteiger partial charge is 0.458 e.